The van der Waals surface area contributed by atoms with Gasteiger partial charge in [0.25, 0.3) is 0 Å². The second-order valence-corrected chi connectivity index (χ2v) is 6.48. The third-order valence-corrected chi connectivity index (χ3v) is 4.94. The second-order valence-electron chi connectivity index (χ2n) is 4.54. The van der Waals surface area contributed by atoms with Crippen molar-refractivity contribution in [2.45, 2.75) is 5.92 Å². The van der Waals surface area contributed by atoms with E-state index >= 15 is 0 Å². The summed E-state index contributed by atoms with van der Waals surface area (Å²) >= 11 is 4.49. The van der Waals surface area contributed by atoms with Gasteiger partial charge in [0.1, 0.15) is 0 Å². The number of nitriles is 2. The Hall–Kier alpha value is -2.29. The quantitative estimate of drug-likeness (QED) is 0.771. The molecule has 2 aliphatic heterocycles. The van der Waals surface area contributed by atoms with Gasteiger partial charge in [0.05, 0.1) is 39.3 Å². The highest BCUT2D eigenvalue weighted by Crippen LogP contribution is 2.47. The van der Waals surface area contributed by atoms with Crippen molar-refractivity contribution in [1.82, 2.24) is 0 Å². The van der Waals surface area contributed by atoms with E-state index < -0.39 is 5.92 Å². The van der Waals surface area contributed by atoms with Gasteiger partial charge in [-0.25, -0.2) is 0 Å². The van der Waals surface area contributed by atoms with E-state index in [0.717, 1.165) is 11.8 Å². The minimum atomic E-state index is -0.625. The zero-order valence-corrected chi connectivity index (χ0v) is 13.5. The van der Waals surface area contributed by atoms with Crippen LogP contribution in [-0.2, 0) is 0 Å². The molecule has 8 heteroatoms. The van der Waals surface area contributed by atoms with Gasteiger partial charge in [-0.3, -0.25) is 0 Å². The average molecular weight is 377 g/mol. The lowest BCUT2D eigenvalue weighted by Crippen LogP contribution is -2.18. The van der Waals surface area contributed by atoms with Crippen molar-refractivity contribution in [1.29, 1.82) is 10.5 Å². The van der Waals surface area contributed by atoms with Crippen LogP contribution in [0.2, 0.25) is 0 Å². The van der Waals surface area contributed by atoms with E-state index in [1.54, 1.807) is 12.1 Å². The Kier molecular flexibility index (Phi) is 3.65. The van der Waals surface area contributed by atoms with Crippen molar-refractivity contribution in [2.24, 2.45) is 11.5 Å². The highest BCUT2D eigenvalue weighted by atomic mass is 79.9. The number of hydrogen-bond donors (Lipinski definition) is 2. The first-order valence-electron chi connectivity index (χ1n) is 6.13. The van der Waals surface area contributed by atoms with Crippen LogP contribution in [0, 0.1) is 22.7 Å². The van der Waals surface area contributed by atoms with Gasteiger partial charge in [0.15, 0.2) is 11.5 Å². The predicted octanol–water partition coefficient (Wildman–Crippen LogP) is 2.40. The molecule has 110 valence electrons. The Morgan fingerprint density at radius 2 is 1.64 bits per heavy atom. The van der Waals surface area contributed by atoms with Crippen LogP contribution in [0.4, 0.5) is 0 Å². The molecule has 0 saturated carbocycles. The number of rotatable bonds is 1. The average Bonchev–Trinajstić information content (AvgIpc) is 2.92. The van der Waals surface area contributed by atoms with Crippen LogP contribution < -0.4 is 20.9 Å². The van der Waals surface area contributed by atoms with E-state index in [1.165, 1.54) is 0 Å². The van der Waals surface area contributed by atoms with Gasteiger partial charge in [0.2, 0.25) is 6.79 Å². The third-order valence-electron chi connectivity index (χ3n) is 3.37. The fourth-order valence-corrected chi connectivity index (χ4v) is 3.70. The molecule has 0 spiro atoms. The van der Waals surface area contributed by atoms with Crippen LogP contribution in [0.3, 0.4) is 0 Å². The Labute approximate surface area is 139 Å². The number of benzene rings is 1. The standard InChI is InChI=1S/C14H9BrN4O2S/c15-9-2-11-10(20-5-21-11)1-6(9)12-7(3-16)13(18)22-14(19)8(12)4-17/h1-2,12H,5,18-19H2. The molecule has 3 rings (SSSR count). The molecule has 0 bridgehead atoms. The van der Waals surface area contributed by atoms with E-state index in [2.05, 4.69) is 28.1 Å². The Morgan fingerprint density at radius 1 is 1.09 bits per heavy atom. The second kappa shape index (κ2) is 5.48. The fraction of sp³-hybridized carbons (Fsp3) is 0.143. The molecule has 4 N–H and O–H groups in total. The highest BCUT2D eigenvalue weighted by molar-refractivity contribution is 9.10. The van der Waals surface area contributed by atoms with Crippen LogP contribution >= 0.6 is 27.7 Å². The first kappa shape index (κ1) is 14.6. The summed E-state index contributed by atoms with van der Waals surface area (Å²) in [6, 6.07) is 7.65. The smallest absolute Gasteiger partial charge is 0.231 e. The molecule has 0 atom stereocenters. The summed E-state index contributed by atoms with van der Waals surface area (Å²) in [6.45, 7) is 0.137. The number of fused-ring (bicyclic) bond motifs is 1. The summed E-state index contributed by atoms with van der Waals surface area (Å²) in [7, 11) is 0. The summed E-state index contributed by atoms with van der Waals surface area (Å²) in [5.41, 5.74) is 13.1. The summed E-state index contributed by atoms with van der Waals surface area (Å²) < 4.78 is 11.4. The molecule has 0 aromatic heterocycles. The van der Waals surface area contributed by atoms with Gasteiger partial charge >= 0.3 is 0 Å². The first-order chi connectivity index (χ1) is 10.6. The number of ether oxygens (including phenoxy) is 2. The molecule has 6 nitrogen and oxygen atoms in total. The van der Waals surface area contributed by atoms with Gasteiger partial charge in [-0.2, -0.15) is 10.5 Å². The summed E-state index contributed by atoms with van der Waals surface area (Å²) in [4.78, 5) is 0. The normalized spacial score (nSPS) is 17.4. The lowest BCUT2D eigenvalue weighted by Gasteiger charge is -2.24. The number of thioether (sulfide) groups is 1. The van der Waals surface area contributed by atoms with Crippen molar-refractivity contribution in [3.8, 4) is 23.6 Å². The van der Waals surface area contributed by atoms with E-state index in [0.29, 0.717) is 42.7 Å². The summed E-state index contributed by atoms with van der Waals surface area (Å²) in [6.07, 6.45) is 0. The number of nitrogens with zero attached hydrogens (tertiary/aromatic N) is 2. The molecule has 2 aliphatic rings. The molecular weight excluding hydrogens is 368 g/mol. The maximum Gasteiger partial charge on any atom is 0.231 e. The third kappa shape index (κ3) is 2.17. The van der Waals surface area contributed by atoms with Crippen molar-refractivity contribution >= 4 is 27.7 Å². The molecule has 0 unspecified atom stereocenters. The fourth-order valence-electron chi connectivity index (χ4n) is 2.36. The molecule has 1 aromatic carbocycles. The van der Waals surface area contributed by atoms with Crippen LogP contribution in [0.5, 0.6) is 11.5 Å². The molecule has 1 aromatic rings. The van der Waals surface area contributed by atoms with Crippen LogP contribution in [0.25, 0.3) is 0 Å². The molecule has 0 radical (unpaired) electrons. The van der Waals surface area contributed by atoms with E-state index in [-0.39, 0.29) is 6.79 Å². The monoisotopic (exact) mass is 376 g/mol. The van der Waals surface area contributed by atoms with E-state index in [1.807, 2.05) is 0 Å². The molecule has 22 heavy (non-hydrogen) atoms. The van der Waals surface area contributed by atoms with Crippen molar-refractivity contribution in [3.05, 3.63) is 43.4 Å². The van der Waals surface area contributed by atoms with Gasteiger partial charge in [-0.1, -0.05) is 27.7 Å². The maximum atomic E-state index is 9.43. The van der Waals surface area contributed by atoms with Gasteiger partial charge < -0.3 is 20.9 Å². The van der Waals surface area contributed by atoms with Gasteiger partial charge in [-0.05, 0) is 17.7 Å². The van der Waals surface area contributed by atoms with Gasteiger partial charge in [-0.15, -0.1) is 0 Å². The van der Waals surface area contributed by atoms with Crippen LogP contribution in [0.1, 0.15) is 11.5 Å². The molecular formula is C14H9BrN4O2S. The number of allylic oxidation sites excluding steroid dienone is 2. The zero-order valence-electron chi connectivity index (χ0n) is 11.1. The lowest BCUT2D eigenvalue weighted by molar-refractivity contribution is 0.174. The summed E-state index contributed by atoms with van der Waals surface area (Å²) in [5, 5.41) is 19.5. The van der Waals surface area contributed by atoms with Gasteiger partial charge in [0, 0.05) is 4.47 Å². The Balaban J connectivity index is 2.22. The zero-order chi connectivity index (χ0) is 15.9. The number of halogens is 1. The molecule has 0 saturated heterocycles. The van der Waals surface area contributed by atoms with Crippen LogP contribution in [0.15, 0.2) is 37.8 Å². The predicted molar refractivity (Wildman–Crippen MR) is 84.2 cm³/mol. The van der Waals surface area contributed by atoms with E-state index in [9.17, 15) is 10.5 Å². The lowest BCUT2D eigenvalue weighted by atomic mass is 9.85. The Morgan fingerprint density at radius 3 is 2.18 bits per heavy atom. The van der Waals surface area contributed by atoms with E-state index in [4.69, 9.17) is 20.9 Å². The maximum absolute atomic E-state index is 9.43. The minimum Gasteiger partial charge on any atom is -0.454 e. The first-order valence-corrected chi connectivity index (χ1v) is 7.74. The van der Waals surface area contributed by atoms with Crippen molar-refractivity contribution in [2.75, 3.05) is 6.79 Å². The largest absolute Gasteiger partial charge is 0.454 e. The Bertz CT molecular complexity index is 783. The molecule has 0 fully saturated rings. The van der Waals surface area contributed by atoms with Crippen LogP contribution in [-0.4, -0.2) is 6.79 Å². The topological polar surface area (TPSA) is 118 Å². The number of hydrogen-bond acceptors (Lipinski definition) is 7. The molecule has 0 amide bonds. The van der Waals surface area contributed by atoms with Crippen molar-refractivity contribution < 1.29 is 9.47 Å². The number of nitrogens with two attached hydrogens (primary N) is 2. The SMILES string of the molecule is N#CC1=C(N)SC(N)=C(C#N)C1c1cc2c(cc1Br)OCO2. The highest BCUT2D eigenvalue weighted by Gasteiger charge is 2.33. The van der Waals surface area contributed by atoms with Crippen molar-refractivity contribution in [3.63, 3.8) is 0 Å². The molecule has 0 aliphatic carbocycles. The minimum absolute atomic E-state index is 0.137. The summed E-state index contributed by atoms with van der Waals surface area (Å²) in [5.74, 6) is 0.537. The molecule has 2 heterocycles.